The van der Waals surface area contributed by atoms with E-state index >= 15 is 0 Å². The van der Waals surface area contributed by atoms with Gasteiger partial charge in [-0.3, -0.25) is 0 Å². The third kappa shape index (κ3) is 6.08. The highest BCUT2D eigenvalue weighted by Gasteiger charge is 2.37. The van der Waals surface area contributed by atoms with E-state index in [-0.39, 0.29) is 12.6 Å². The summed E-state index contributed by atoms with van der Waals surface area (Å²) in [7, 11) is 0. The molecule has 0 bridgehead atoms. The number of amides is 2. The number of rotatable bonds is 4. The molecule has 1 aromatic carbocycles. The first-order valence-corrected chi connectivity index (χ1v) is 8.12. The van der Waals surface area contributed by atoms with Crippen LogP contribution in [0.5, 0.6) is 0 Å². The van der Waals surface area contributed by atoms with Gasteiger partial charge >= 0.3 is 18.4 Å². The summed E-state index contributed by atoms with van der Waals surface area (Å²) in [6.45, 7) is 2.64. The van der Waals surface area contributed by atoms with Gasteiger partial charge in [-0.2, -0.15) is 26.3 Å². The molecule has 0 radical (unpaired) electrons. The van der Waals surface area contributed by atoms with Gasteiger partial charge in [0.2, 0.25) is 0 Å². The smallest absolute Gasteiger partial charge is 0.337 e. The number of likely N-dealkylation sites (tertiary alicyclic amines) is 1. The lowest BCUT2D eigenvalue weighted by molar-refractivity contribution is -0.143. The van der Waals surface area contributed by atoms with Gasteiger partial charge < -0.3 is 15.5 Å². The number of anilines is 1. The fourth-order valence-corrected chi connectivity index (χ4v) is 2.71. The van der Waals surface area contributed by atoms with E-state index in [1.165, 1.54) is 0 Å². The average molecular weight is 383 g/mol. The minimum absolute atomic E-state index is 0.0133. The van der Waals surface area contributed by atoms with Crippen LogP contribution in [-0.2, 0) is 12.4 Å². The Kier molecular flexibility index (Phi) is 6.38. The molecule has 26 heavy (non-hydrogen) atoms. The molecule has 1 aliphatic rings. The van der Waals surface area contributed by atoms with Gasteiger partial charge in [0.15, 0.2) is 0 Å². The van der Waals surface area contributed by atoms with E-state index in [1.54, 1.807) is 0 Å². The fourth-order valence-electron chi connectivity index (χ4n) is 2.71. The van der Waals surface area contributed by atoms with Crippen LogP contribution in [0.1, 0.15) is 30.4 Å². The highest BCUT2D eigenvalue weighted by atomic mass is 19.4. The number of nitrogens with zero attached hydrogens (tertiary/aromatic N) is 1. The molecule has 2 N–H and O–H groups in total. The van der Waals surface area contributed by atoms with Crippen LogP contribution in [0, 0.1) is 0 Å². The summed E-state index contributed by atoms with van der Waals surface area (Å²) in [6.07, 6.45) is -6.63. The molecule has 1 heterocycles. The number of nitrogens with one attached hydrogen (secondary N) is 2. The molecule has 1 aliphatic heterocycles. The number of benzene rings is 1. The van der Waals surface area contributed by atoms with Gasteiger partial charge in [-0.1, -0.05) is 6.42 Å². The lowest BCUT2D eigenvalue weighted by Crippen LogP contribution is -2.39. The monoisotopic (exact) mass is 383 g/mol. The maximum atomic E-state index is 12.8. The number of carbonyl (C=O) groups is 1. The predicted molar refractivity (Wildman–Crippen MR) is 83.8 cm³/mol. The molecule has 1 saturated heterocycles. The Morgan fingerprint density at radius 3 is 1.96 bits per heavy atom. The Bertz CT molecular complexity index is 591. The van der Waals surface area contributed by atoms with Crippen molar-refractivity contribution in [2.45, 2.75) is 31.6 Å². The van der Waals surface area contributed by atoms with Crippen molar-refractivity contribution in [3.05, 3.63) is 29.3 Å². The fraction of sp³-hybridized carbons (Fsp3) is 0.562. The van der Waals surface area contributed by atoms with Gasteiger partial charge in [-0.15, -0.1) is 0 Å². The predicted octanol–water partition coefficient (Wildman–Crippen LogP) is 4.33. The number of hydrogen-bond acceptors (Lipinski definition) is 2. The van der Waals surface area contributed by atoms with E-state index in [2.05, 4.69) is 10.2 Å². The molecule has 0 atom stereocenters. The van der Waals surface area contributed by atoms with E-state index in [9.17, 15) is 31.1 Å². The number of urea groups is 1. The molecule has 0 aliphatic carbocycles. The second-order valence-electron chi connectivity index (χ2n) is 6.08. The van der Waals surface area contributed by atoms with Crippen LogP contribution in [-0.4, -0.2) is 37.1 Å². The largest absolute Gasteiger partial charge is 0.416 e. The molecule has 2 amide bonds. The summed E-state index contributed by atoms with van der Waals surface area (Å²) in [5, 5.41) is 4.48. The summed E-state index contributed by atoms with van der Waals surface area (Å²) in [5.74, 6) is 0. The molecule has 0 aromatic heterocycles. The Labute approximate surface area is 146 Å². The summed E-state index contributed by atoms with van der Waals surface area (Å²) < 4.78 is 76.7. The molecule has 1 aromatic rings. The number of carbonyl (C=O) groups excluding carboxylic acids is 1. The van der Waals surface area contributed by atoms with Crippen molar-refractivity contribution in [2.24, 2.45) is 0 Å². The van der Waals surface area contributed by atoms with Crippen LogP contribution in [0.3, 0.4) is 0 Å². The average Bonchev–Trinajstić information content (AvgIpc) is 2.54. The van der Waals surface area contributed by atoms with Gasteiger partial charge in [0.1, 0.15) is 0 Å². The standard InChI is InChI=1S/C16H19F6N3O/c17-15(18,19)11-8-12(16(20,21)22)10-13(9-11)24-14(26)23-4-7-25-5-2-1-3-6-25/h8-10H,1-7H2,(H2,23,24,26). The number of halogens is 6. The Morgan fingerprint density at radius 1 is 0.923 bits per heavy atom. The van der Waals surface area contributed by atoms with Crippen molar-refractivity contribution in [1.29, 1.82) is 0 Å². The Balaban J connectivity index is 1.99. The third-order valence-corrected chi connectivity index (χ3v) is 4.01. The highest BCUT2D eigenvalue weighted by Crippen LogP contribution is 2.37. The summed E-state index contributed by atoms with van der Waals surface area (Å²) in [4.78, 5) is 13.9. The van der Waals surface area contributed by atoms with Crippen molar-refractivity contribution in [3.8, 4) is 0 Å². The normalized spacial score (nSPS) is 16.4. The molecule has 0 saturated carbocycles. The summed E-state index contributed by atoms with van der Waals surface area (Å²) in [5.41, 5.74) is -3.52. The second kappa shape index (κ2) is 8.15. The zero-order chi connectivity index (χ0) is 19.4. The van der Waals surface area contributed by atoms with Crippen molar-refractivity contribution >= 4 is 11.7 Å². The summed E-state index contributed by atoms with van der Waals surface area (Å²) >= 11 is 0. The van der Waals surface area contributed by atoms with Gasteiger partial charge in [0, 0.05) is 18.8 Å². The quantitative estimate of drug-likeness (QED) is 0.760. The van der Waals surface area contributed by atoms with Crippen molar-refractivity contribution < 1.29 is 31.1 Å². The number of hydrogen-bond donors (Lipinski definition) is 2. The zero-order valence-corrected chi connectivity index (χ0v) is 13.8. The maximum Gasteiger partial charge on any atom is 0.416 e. The van der Waals surface area contributed by atoms with Gasteiger partial charge in [-0.05, 0) is 44.1 Å². The van der Waals surface area contributed by atoms with Crippen LogP contribution >= 0.6 is 0 Å². The van der Waals surface area contributed by atoms with Crippen molar-refractivity contribution in [1.82, 2.24) is 10.2 Å². The minimum Gasteiger partial charge on any atom is -0.337 e. The van der Waals surface area contributed by atoms with E-state index in [1.807, 2.05) is 5.32 Å². The molecular formula is C16H19F6N3O. The van der Waals surface area contributed by atoms with Crippen LogP contribution in [0.4, 0.5) is 36.8 Å². The molecule has 10 heteroatoms. The van der Waals surface area contributed by atoms with E-state index < -0.39 is 35.2 Å². The van der Waals surface area contributed by atoms with E-state index in [0.29, 0.717) is 18.7 Å². The summed E-state index contributed by atoms with van der Waals surface area (Å²) in [6, 6.07) is 0.104. The first-order chi connectivity index (χ1) is 12.1. The first-order valence-electron chi connectivity index (χ1n) is 8.12. The second-order valence-corrected chi connectivity index (χ2v) is 6.08. The number of piperidine rings is 1. The molecular weight excluding hydrogens is 364 g/mol. The Morgan fingerprint density at radius 2 is 1.46 bits per heavy atom. The van der Waals surface area contributed by atoms with Crippen molar-refractivity contribution in [3.63, 3.8) is 0 Å². The third-order valence-electron chi connectivity index (χ3n) is 4.01. The topological polar surface area (TPSA) is 44.4 Å². The molecule has 0 unspecified atom stereocenters. The molecule has 0 spiro atoms. The molecule has 4 nitrogen and oxygen atoms in total. The SMILES string of the molecule is O=C(NCCN1CCCCC1)Nc1cc(C(F)(F)F)cc(C(F)(F)F)c1. The highest BCUT2D eigenvalue weighted by molar-refractivity contribution is 5.89. The van der Waals surface area contributed by atoms with Crippen LogP contribution in [0.25, 0.3) is 0 Å². The lowest BCUT2D eigenvalue weighted by Gasteiger charge is -2.26. The minimum atomic E-state index is -4.96. The van der Waals surface area contributed by atoms with Crippen LogP contribution in [0.2, 0.25) is 0 Å². The number of alkyl halides is 6. The Hall–Kier alpha value is -1.97. The van der Waals surface area contributed by atoms with E-state index in [4.69, 9.17) is 0 Å². The van der Waals surface area contributed by atoms with Gasteiger partial charge in [0.25, 0.3) is 0 Å². The van der Waals surface area contributed by atoms with E-state index in [0.717, 1.165) is 32.4 Å². The van der Waals surface area contributed by atoms with Gasteiger partial charge in [-0.25, -0.2) is 4.79 Å². The first kappa shape index (κ1) is 20.3. The maximum absolute atomic E-state index is 12.8. The molecule has 1 fully saturated rings. The van der Waals surface area contributed by atoms with Gasteiger partial charge in [0.05, 0.1) is 11.1 Å². The van der Waals surface area contributed by atoms with Crippen LogP contribution in [0.15, 0.2) is 18.2 Å². The zero-order valence-electron chi connectivity index (χ0n) is 13.8. The van der Waals surface area contributed by atoms with Crippen LogP contribution < -0.4 is 10.6 Å². The molecule has 146 valence electrons. The molecule has 2 rings (SSSR count). The lowest BCUT2D eigenvalue weighted by atomic mass is 10.1. The van der Waals surface area contributed by atoms with Crippen molar-refractivity contribution in [2.75, 3.05) is 31.5 Å².